The molecular formula is C43H27N3O. The number of hydrogen-bond acceptors (Lipinski definition) is 4. The highest BCUT2D eigenvalue weighted by molar-refractivity contribution is 6.11. The Kier molecular flexibility index (Phi) is 6.43. The minimum Gasteiger partial charge on any atom is -0.456 e. The molecule has 220 valence electrons. The van der Waals surface area contributed by atoms with Crippen molar-refractivity contribution >= 4 is 32.7 Å². The third-order valence-corrected chi connectivity index (χ3v) is 8.71. The van der Waals surface area contributed by atoms with Crippen LogP contribution in [0.5, 0.6) is 0 Å². The summed E-state index contributed by atoms with van der Waals surface area (Å²) in [7, 11) is 0. The van der Waals surface area contributed by atoms with Gasteiger partial charge in [-0.05, 0) is 63.4 Å². The summed E-state index contributed by atoms with van der Waals surface area (Å²) in [6.07, 6.45) is 0. The third-order valence-electron chi connectivity index (χ3n) is 8.71. The van der Waals surface area contributed by atoms with E-state index < -0.39 is 0 Å². The lowest BCUT2D eigenvalue weighted by atomic mass is 9.99. The first-order valence-corrected chi connectivity index (χ1v) is 15.7. The second-order valence-electron chi connectivity index (χ2n) is 11.7. The highest BCUT2D eigenvalue weighted by Crippen LogP contribution is 2.37. The van der Waals surface area contributed by atoms with Crippen LogP contribution in [-0.2, 0) is 0 Å². The number of furan rings is 1. The fourth-order valence-corrected chi connectivity index (χ4v) is 6.38. The zero-order valence-electron chi connectivity index (χ0n) is 25.3. The lowest BCUT2D eigenvalue weighted by molar-refractivity contribution is 0.669. The molecule has 0 saturated carbocycles. The molecule has 9 rings (SSSR count). The van der Waals surface area contributed by atoms with E-state index >= 15 is 0 Å². The van der Waals surface area contributed by atoms with E-state index in [1.807, 2.05) is 42.5 Å². The summed E-state index contributed by atoms with van der Waals surface area (Å²) in [6.45, 7) is 0. The van der Waals surface area contributed by atoms with E-state index in [0.29, 0.717) is 17.5 Å². The molecule has 2 heterocycles. The molecule has 0 aliphatic rings. The average molecular weight is 602 g/mol. The molecule has 0 N–H and O–H groups in total. The predicted molar refractivity (Wildman–Crippen MR) is 192 cm³/mol. The Hall–Kier alpha value is -6.39. The zero-order valence-corrected chi connectivity index (χ0v) is 25.3. The van der Waals surface area contributed by atoms with Gasteiger partial charge in [-0.25, -0.2) is 15.0 Å². The molecule has 9 aromatic rings. The van der Waals surface area contributed by atoms with Crippen molar-refractivity contribution in [2.75, 3.05) is 0 Å². The van der Waals surface area contributed by atoms with Crippen molar-refractivity contribution in [2.45, 2.75) is 0 Å². The Balaban J connectivity index is 1.25. The Labute approximate surface area is 271 Å². The molecule has 4 nitrogen and oxygen atoms in total. The number of para-hydroxylation sites is 1. The van der Waals surface area contributed by atoms with Crippen molar-refractivity contribution in [1.82, 2.24) is 15.0 Å². The third kappa shape index (κ3) is 4.93. The monoisotopic (exact) mass is 601 g/mol. The van der Waals surface area contributed by atoms with Crippen LogP contribution in [0.15, 0.2) is 168 Å². The number of rotatable bonds is 5. The highest BCUT2D eigenvalue weighted by atomic mass is 16.3. The van der Waals surface area contributed by atoms with Gasteiger partial charge in [0.2, 0.25) is 0 Å². The fraction of sp³-hybridized carbons (Fsp3) is 0. The quantitative estimate of drug-likeness (QED) is 0.197. The summed E-state index contributed by atoms with van der Waals surface area (Å²) in [5.74, 6) is 1.84. The normalized spacial score (nSPS) is 11.4. The molecule has 0 fully saturated rings. The molecule has 0 spiro atoms. The predicted octanol–water partition coefficient (Wildman–Crippen LogP) is 11.3. The van der Waals surface area contributed by atoms with Crippen LogP contribution >= 0.6 is 0 Å². The Morgan fingerprint density at radius 1 is 0.340 bits per heavy atom. The van der Waals surface area contributed by atoms with Crippen molar-refractivity contribution in [2.24, 2.45) is 0 Å². The number of aromatic nitrogens is 3. The van der Waals surface area contributed by atoms with Crippen LogP contribution in [0.1, 0.15) is 0 Å². The maximum atomic E-state index is 6.23. The van der Waals surface area contributed by atoms with Crippen molar-refractivity contribution in [1.29, 1.82) is 0 Å². The molecule has 0 saturated heterocycles. The lowest BCUT2D eigenvalue weighted by Crippen LogP contribution is -2.00. The molecule has 0 atom stereocenters. The van der Waals surface area contributed by atoms with Crippen LogP contribution in [0.3, 0.4) is 0 Å². The summed E-state index contributed by atoms with van der Waals surface area (Å²) >= 11 is 0. The summed E-state index contributed by atoms with van der Waals surface area (Å²) in [5, 5.41) is 4.32. The van der Waals surface area contributed by atoms with E-state index in [1.165, 1.54) is 11.1 Å². The average Bonchev–Trinajstić information content (AvgIpc) is 3.54. The van der Waals surface area contributed by atoms with Gasteiger partial charge in [-0.1, -0.05) is 133 Å². The lowest BCUT2D eigenvalue weighted by Gasteiger charge is -2.11. The minimum absolute atomic E-state index is 0.602. The van der Waals surface area contributed by atoms with Crippen molar-refractivity contribution in [3.8, 4) is 56.4 Å². The number of nitrogens with zero attached hydrogens (tertiary/aromatic N) is 3. The molecule has 0 amide bonds. The summed E-state index contributed by atoms with van der Waals surface area (Å²) in [6, 6.07) is 56.4. The molecule has 47 heavy (non-hydrogen) atoms. The van der Waals surface area contributed by atoms with Gasteiger partial charge in [-0.2, -0.15) is 0 Å². The first-order valence-electron chi connectivity index (χ1n) is 15.7. The van der Waals surface area contributed by atoms with E-state index in [2.05, 4.69) is 121 Å². The van der Waals surface area contributed by atoms with Crippen LogP contribution < -0.4 is 0 Å². The maximum Gasteiger partial charge on any atom is 0.164 e. The Bertz CT molecular complexity index is 2570. The van der Waals surface area contributed by atoms with Gasteiger partial charge in [0, 0.05) is 27.5 Å². The minimum atomic E-state index is 0.602. The maximum absolute atomic E-state index is 6.23. The van der Waals surface area contributed by atoms with E-state index in [0.717, 1.165) is 60.5 Å². The van der Waals surface area contributed by atoms with Crippen LogP contribution in [-0.4, -0.2) is 15.0 Å². The van der Waals surface area contributed by atoms with Gasteiger partial charge >= 0.3 is 0 Å². The molecular weight excluding hydrogens is 574 g/mol. The smallest absolute Gasteiger partial charge is 0.164 e. The summed E-state index contributed by atoms with van der Waals surface area (Å²) in [4.78, 5) is 15.4. The van der Waals surface area contributed by atoms with Gasteiger partial charge in [0.25, 0.3) is 0 Å². The Morgan fingerprint density at radius 2 is 0.872 bits per heavy atom. The number of hydrogen-bond donors (Lipinski definition) is 0. The second kappa shape index (κ2) is 11.2. The van der Waals surface area contributed by atoms with E-state index in [1.54, 1.807) is 0 Å². The number of fused-ring (bicyclic) bond motifs is 4. The first kappa shape index (κ1) is 27.0. The van der Waals surface area contributed by atoms with Gasteiger partial charge in [-0.15, -0.1) is 0 Å². The van der Waals surface area contributed by atoms with Gasteiger partial charge in [-0.3, -0.25) is 0 Å². The van der Waals surface area contributed by atoms with Gasteiger partial charge in [0.1, 0.15) is 11.2 Å². The number of benzene rings is 7. The van der Waals surface area contributed by atoms with E-state index in [-0.39, 0.29) is 0 Å². The molecule has 0 radical (unpaired) electrons. The topological polar surface area (TPSA) is 51.8 Å². The standard InChI is InChI=1S/C43H27N3O/c1-3-11-28(12-4-1)31-15-9-16-33(25-31)41-44-42(34-24-22-30-21-23-32(26-35(30)27-34)29-13-5-2-6-14-29)46-43(45-41)37-18-10-20-39-40(37)36-17-7-8-19-38(36)47-39/h1-27H. The molecule has 7 aromatic carbocycles. The Morgan fingerprint density at radius 3 is 1.64 bits per heavy atom. The van der Waals surface area contributed by atoms with Gasteiger partial charge in [0.15, 0.2) is 17.5 Å². The first-order chi connectivity index (χ1) is 23.3. The molecule has 2 aromatic heterocycles. The van der Waals surface area contributed by atoms with Crippen molar-refractivity contribution < 1.29 is 4.42 Å². The largest absolute Gasteiger partial charge is 0.456 e. The molecule has 0 aliphatic carbocycles. The molecule has 0 unspecified atom stereocenters. The SMILES string of the molecule is c1ccc(-c2cccc(-c3nc(-c4ccc5ccc(-c6ccccc6)cc5c4)nc(-c4cccc5oc6ccccc6c45)n3)c2)cc1. The summed E-state index contributed by atoms with van der Waals surface area (Å²) in [5.41, 5.74) is 9.00. The van der Waals surface area contributed by atoms with Crippen LogP contribution in [0.4, 0.5) is 0 Å². The summed E-state index contributed by atoms with van der Waals surface area (Å²) < 4.78 is 6.23. The van der Waals surface area contributed by atoms with E-state index in [9.17, 15) is 0 Å². The van der Waals surface area contributed by atoms with Gasteiger partial charge in [0.05, 0.1) is 0 Å². The molecule has 4 heteroatoms. The van der Waals surface area contributed by atoms with Crippen LogP contribution in [0.25, 0.3) is 89.1 Å². The molecule has 0 bridgehead atoms. The fourth-order valence-electron chi connectivity index (χ4n) is 6.38. The second-order valence-corrected chi connectivity index (χ2v) is 11.7. The van der Waals surface area contributed by atoms with Crippen molar-refractivity contribution in [3.63, 3.8) is 0 Å². The van der Waals surface area contributed by atoms with Gasteiger partial charge < -0.3 is 4.42 Å². The van der Waals surface area contributed by atoms with Crippen LogP contribution in [0, 0.1) is 0 Å². The van der Waals surface area contributed by atoms with Crippen molar-refractivity contribution in [3.05, 3.63) is 164 Å². The highest BCUT2D eigenvalue weighted by Gasteiger charge is 2.18. The van der Waals surface area contributed by atoms with Crippen LogP contribution in [0.2, 0.25) is 0 Å². The zero-order chi connectivity index (χ0) is 31.2. The molecule has 0 aliphatic heterocycles. The van der Waals surface area contributed by atoms with E-state index in [4.69, 9.17) is 19.4 Å².